The molecule has 4 heterocycles. The third-order valence-electron chi connectivity index (χ3n) is 5.76. The lowest BCUT2D eigenvalue weighted by Gasteiger charge is -2.12. The van der Waals surface area contributed by atoms with Crippen molar-refractivity contribution in [2.24, 2.45) is 0 Å². The number of hydrogen-bond donors (Lipinski definition) is 0. The van der Waals surface area contributed by atoms with E-state index in [1.165, 1.54) is 16.8 Å². The maximum atomic E-state index is 14.4. The van der Waals surface area contributed by atoms with Crippen molar-refractivity contribution >= 4 is 27.0 Å². The van der Waals surface area contributed by atoms with Crippen molar-refractivity contribution in [3.63, 3.8) is 0 Å². The van der Waals surface area contributed by atoms with Crippen molar-refractivity contribution in [2.75, 3.05) is 20.1 Å². The van der Waals surface area contributed by atoms with E-state index in [9.17, 15) is 18.0 Å². The molecule has 3 aromatic heterocycles. The smallest absolute Gasteiger partial charge is 0.329 e. The standard InChI is InChI=1S/C21H18BrF3N6O2/c1-29-5-4-13(10-29)31-17-6-14(22)15(23)7-16(17)30(21(31)32)9-12-3-2-11(8-26-12)19-27-28-20(33-19)18(24)25/h2-3,6-8,13,18H,4-5,9-10H2,1H3/t13-/m0/s1. The molecule has 0 unspecified atom stereocenters. The number of imidazole rings is 1. The van der Waals surface area contributed by atoms with Crippen molar-refractivity contribution in [2.45, 2.75) is 25.4 Å². The minimum Gasteiger partial charge on any atom is -0.415 e. The quantitative estimate of drug-likeness (QED) is 0.393. The van der Waals surface area contributed by atoms with Crippen LogP contribution in [0, 0.1) is 5.82 Å². The van der Waals surface area contributed by atoms with E-state index in [0.717, 1.165) is 19.5 Å². The molecule has 0 N–H and O–H groups in total. The molecule has 12 heteroatoms. The number of rotatable bonds is 5. The van der Waals surface area contributed by atoms with Crippen LogP contribution in [0.15, 0.2) is 44.1 Å². The van der Waals surface area contributed by atoms with Crippen LogP contribution in [-0.2, 0) is 6.54 Å². The lowest BCUT2D eigenvalue weighted by Crippen LogP contribution is -2.29. The van der Waals surface area contributed by atoms with Crippen LogP contribution in [0.2, 0.25) is 0 Å². The van der Waals surface area contributed by atoms with Gasteiger partial charge in [-0.15, -0.1) is 10.2 Å². The Morgan fingerprint density at radius 1 is 1.24 bits per heavy atom. The Morgan fingerprint density at radius 2 is 2.06 bits per heavy atom. The molecule has 172 valence electrons. The van der Waals surface area contributed by atoms with Crippen LogP contribution in [0.3, 0.4) is 0 Å². The largest absolute Gasteiger partial charge is 0.415 e. The highest BCUT2D eigenvalue weighted by atomic mass is 79.9. The van der Waals surface area contributed by atoms with Gasteiger partial charge < -0.3 is 9.32 Å². The summed E-state index contributed by atoms with van der Waals surface area (Å²) in [6.45, 7) is 1.71. The van der Waals surface area contributed by atoms with Gasteiger partial charge in [0, 0.05) is 18.8 Å². The number of halogens is 4. The number of hydrogen-bond acceptors (Lipinski definition) is 6. The summed E-state index contributed by atoms with van der Waals surface area (Å²) >= 11 is 3.22. The molecule has 0 spiro atoms. The van der Waals surface area contributed by atoms with Crippen LogP contribution in [0.25, 0.3) is 22.5 Å². The fourth-order valence-electron chi connectivity index (χ4n) is 4.15. The summed E-state index contributed by atoms with van der Waals surface area (Å²) in [4.78, 5) is 19.9. The van der Waals surface area contributed by atoms with Crippen LogP contribution in [0.1, 0.15) is 30.5 Å². The van der Waals surface area contributed by atoms with Gasteiger partial charge in [-0.3, -0.25) is 14.1 Å². The van der Waals surface area contributed by atoms with Crippen molar-refractivity contribution < 1.29 is 17.6 Å². The van der Waals surface area contributed by atoms with E-state index in [-0.39, 0.29) is 28.6 Å². The van der Waals surface area contributed by atoms with Gasteiger partial charge >= 0.3 is 12.1 Å². The molecular formula is C21H18BrF3N6O2. The normalized spacial score (nSPS) is 17.0. The van der Waals surface area contributed by atoms with Crippen LogP contribution in [0.4, 0.5) is 13.2 Å². The molecule has 0 aliphatic carbocycles. The number of likely N-dealkylation sites (tertiary alicyclic amines) is 1. The number of likely N-dealkylation sites (N-methyl/N-ethyl adjacent to an activating group) is 1. The number of alkyl halides is 2. The molecular weight excluding hydrogens is 505 g/mol. The second kappa shape index (κ2) is 8.41. The summed E-state index contributed by atoms with van der Waals surface area (Å²) in [5.74, 6) is -1.30. The molecule has 0 saturated carbocycles. The Bertz CT molecular complexity index is 1380. The first kappa shape index (κ1) is 21.8. The molecule has 1 saturated heterocycles. The zero-order valence-electron chi connectivity index (χ0n) is 17.4. The summed E-state index contributed by atoms with van der Waals surface area (Å²) in [5.41, 5.74) is 1.78. The first-order valence-corrected chi connectivity index (χ1v) is 11.0. The van der Waals surface area contributed by atoms with Crippen LogP contribution < -0.4 is 5.69 Å². The summed E-state index contributed by atoms with van der Waals surface area (Å²) in [7, 11) is 2.00. The van der Waals surface area contributed by atoms with Gasteiger partial charge in [0.15, 0.2) is 0 Å². The van der Waals surface area contributed by atoms with Crippen molar-refractivity contribution in [1.82, 2.24) is 29.2 Å². The van der Waals surface area contributed by atoms with Gasteiger partial charge in [-0.1, -0.05) is 0 Å². The van der Waals surface area contributed by atoms with Gasteiger partial charge in [-0.2, -0.15) is 8.78 Å². The highest BCUT2D eigenvalue weighted by molar-refractivity contribution is 9.10. The average molecular weight is 523 g/mol. The van der Waals surface area contributed by atoms with Crippen molar-refractivity contribution in [1.29, 1.82) is 0 Å². The first-order valence-electron chi connectivity index (χ1n) is 10.2. The van der Waals surface area contributed by atoms with E-state index in [1.54, 1.807) is 22.8 Å². The lowest BCUT2D eigenvalue weighted by molar-refractivity contribution is 0.116. The van der Waals surface area contributed by atoms with Gasteiger partial charge in [0.05, 0.1) is 39.4 Å². The molecule has 33 heavy (non-hydrogen) atoms. The molecule has 8 nitrogen and oxygen atoms in total. The van der Waals surface area contributed by atoms with Crippen molar-refractivity contribution in [3.8, 4) is 11.5 Å². The minimum absolute atomic E-state index is 0.0134. The Kier molecular flexibility index (Phi) is 5.57. The van der Waals surface area contributed by atoms with Gasteiger partial charge in [0.25, 0.3) is 5.89 Å². The number of fused-ring (bicyclic) bond motifs is 1. The third kappa shape index (κ3) is 3.97. The number of nitrogens with zero attached hydrogens (tertiary/aromatic N) is 6. The van der Waals surface area contributed by atoms with Gasteiger partial charge in [-0.25, -0.2) is 9.18 Å². The van der Waals surface area contributed by atoms with Gasteiger partial charge in [-0.05, 0) is 54.1 Å². The van der Waals surface area contributed by atoms with Crippen molar-refractivity contribution in [3.05, 3.63) is 62.8 Å². The average Bonchev–Trinajstić information content (AvgIpc) is 3.49. The highest BCUT2D eigenvalue weighted by Gasteiger charge is 2.27. The molecule has 1 aliphatic heterocycles. The van der Waals surface area contributed by atoms with E-state index in [0.29, 0.717) is 22.3 Å². The highest BCUT2D eigenvalue weighted by Crippen LogP contribution is 2.29. The molecule has 1 aliphatic rings. The second-order valence-corrected chi connectivity index (χ2v) is 8.84. The molecule has 0 radical (unpaired) electrons. The monoisotopic (exact) mass is 522 g/mol. The number of benzene rings is 1. The number of aromatic nitrogens is 5. The summed E-state index contributed by atoms with van der Waals surface area (Å²) < 4.78 is 48.2. The molecule has 1 atom stereocenters. The summed E-state index contributed by atoms with van der Waals surface area (Å²) in [6, 6.07) is 6.19. The van der Waals surface area contributed by atoms with E-state index in [4.69, 9.17) is 4.42 Å². The summed E-state index contributed by atoms with van der Waals surface area (Å²) in [5, 5.41) is 6.91. The predicted octanol–water partition coefficient (Wildman–Crippen LogP) is 4.01. The first-order chi connectivity index (χ1) is 15.8. The van der Waals surface area contributed by atoms with Gasteiger partial charge in [0.2, 0.25) is 5.89 Å². The molecule has 4 aromatic rings. The molecule has 0 amide bonds. The Hall–Kier alpha value is -2.99. The van der Waals surface area contributed by atoms with Gasteiger partial charge in [0.1, 0.15) is 5.82 Å². The van der Waals surface area contributed by atoms with Crippen LogP contribution in [-0.4, -0.2) is 49.4 Å². The summed E-state index contributed by atoms with van der Waals surface area (Å²) in [6.07, 6.45) is -0.629. The zero-order chi connectivity index (χ0) is 23.3. The molecule has 1 fully saturated rings. The fourth-order valence-corrected chi connectivity index (χ4v) is 4.48. The van der Waals surface area contributed by atoms with Crippen LogP contribution >= 0.6 is 15.9 Å². The number of pyridine rings is 1. The van der Waals surface area contributed by atoms with E-state index < -0.39 is 18.1 Å². The Labute approximate surface area is 193 Å². The van der Waals surface area contributed by atoms with Crippen LogP contribution in [0.5, 0.6) is 0 Å². The maximum absolute atomic E-state index is 14.4. The molecule has 0 bridgehead atoms. The fraction of sp³-hybridized carbons (Fsp3) is 0.333. The molecule has 5 rings (SSSR count). The second-order valence-electron chi connectivity index (χ2n) is 7.98. The van der Waals surface area contributed by atoms with E-state index >= 15 is 0 Å². The lowest BCUT2D eigenvalue weighted by atomic mass is 10.2. The predicted molar refractivity (Wildman–Crippen MR) is 117 cm³/mol. The van der Waals surface area contributed by atoms with E-state index in [1.807, 2.05) is 7.05 Å². The third-order valence-corrected chi connectivity index (χ3v) is 6.36. The Morgan fingerprint density at radius 3 is 2.70 bits per heavy atom. The molecule has 1 aromatic carbocycles. The van der Waals surface area contributed by atoms with E-state index in [2.05, 4.69) is 36.0 Å². The topological polar surface area (TPSA) is 82.0 Å². The Balaban J connectivity index is 1.51. The minimum atomic E-state index is -2.86. The maximum Gasteiger partial charge on any atom is 0.329 e. The zero-order valence-corrected chi connectivity index (χ0v) is 19.0. The SMILES string of the molecule is CN1CC[C@H](n2c(=O)n(Cc3ccc(-c4nnc(C(F)F)o4)cn3)c3cc(F)c(Br)cc32)C1.